The van der Waals surface area contributed by atoms with Crippen molar-refractivity contribution in [2.45, 2.75) is 4.90 Å². The fraction of sp³-hybridized carbons (Fsp3) is 0.353. The minimum Gasteiger partial charge on any atom is -0.336 e. The number of hydrogen-bond donors (Lipinski definition) is 1. The molecule has 150 valence electrons. The lowest BCUT2D eigenvalue weighted by atomic mass is 10.2. The molecule has 1 N–H and O–H groups in total. The molecule has 0 radical (unpaired) electrons. The molecule has 1 aliphatic heterocycles. The van der Waals surface area contributed by atoms with E-state index in [9.17, 15) is 23.3 Å². The Balaban J connectivity index is 1.45. The van der Waals surface area contributed by atoms with E-state index in [4.69, 9.17) is 0 Å². The summed E-state index contributed by atoms with van der Waals surface area (Å²) in [4.78, 5) is 26.3. The number of nitro groups is 1. The van der Waals surface area contributed by atoms with Crippen molar-refractivity contribution in [2.24, 2.45) is 0 Å². The van der Waals surface area contributed by atoms with Crippen LogP contribution in [-0.2, 0) is 10.0 Å². The molecule has 1 aromatic carbocycles. The van der Waals surface area contributed by atoms with Gasteiger partial charge in [-0.1, -0.05) is 0 Å². The lowest BCUT2D eigenvalue weighted by Crippen LogP contribution is -2.50. The maximum Gasteiger partial charge on any atom is 0.269 e. The van der Waals surface area contributed by atoms with Gasteiger partial charge in [0, 0.05) is 56.8 Å². The van der Waals surface area contributed by atoms with Gasteiger partial charge in [0.1, 0.15) is 0 Å². The van der Waals surface area contributed by atoms with Crippen molar-refractivity contribution in [2.75, 3.05) is 39.3 Å². The van der Waals surface area contributed by atoms with Crippen LogP contribution in [0.5, 0.6) is 0 Å². The van der Waals surface area contributed by atoms with Crippen LogP contribution in [0.2, 0.25) is 0 Å². The summed E-state index contributed by atoms with van der Waals surface area (Å²) in [6.45, 7) is 3.29. The predicted molar refractivity (Wildman–Crippen MR) is 105 cm³/mol. The van der Waals surface area contributed by atoms with Gasteiger partial charge in [-0.3, -0.25) is 19.8 Å². The maximum atomic E-state index is 12.3. The molecule has 0 saturated carbocycles. The number of hydrogen-bond acceptors (Lipinski definition) is 7. The van der Waals surface area contributed by atoms with Gasteiger partial charge in [0.15, 0.2) is 0 Å². The fourth-order valence-corrected chi connectivity index (χ4v) is 4.56. The SMILES string of the molecule is O=C(c1ccsc1)N1CCN(CCNS(=O)(=O)c2ccc([N+](=O)[O-])cc2)CC1. The van der Waals surface area contributed by atoms with E-state index < -0.39 is 14.9 Å². The van der Waals surface area contributed by atoms with Gasteiger partial charge >= 0.3 is 0 Å². The zero-order valence-corrected chi connectivity index (χ0v) is 16.6. The number of thiophene rings is 1. The predicted octanol–water partition coefficient (Wildman–Crippen LogP) is 1.39. The minimum absolute atomic E-state index is 0.00993. The van der Waals surface area contributed by atoms with E-state index in [1.54, 1.807) is 4.90 Å². The van der Waals surface area contributed by atoms with E-state index in [1.807, 2.05) is 16.8 Å². The third-order valence-corrected chi connectivity index (χ3v) is 6.67. The number of benzene rings is 1. The molecule has 11 heteroatoms. The van der Waals surface area contributed by atoms with Gasteiger partial charge in [-0.25, -0.2) is 13.1 Å². The maximum absolute atomic E-state index is 12.3. The molecule has 3 rings (SSSR count). The lowest BCUT2D eigenvalue weighted by Gasteiger charge is -2.34. The number of amides is 1. The Bertz CT molecular complexity index is 921. The minimum atomic E-state index is -3.72. The van der Waals surface area contributed by atoms with Crippen LogP contribution < -0.4 is 4.72 Å². The molecule has 28 heavy (non-hydrogen) atoms. The van der Waals surface area contributed by atoms with Gasteiger partial charge in [0.05, 0.1) is 15.4 Å². The third kappa shape index (κ3) is 4.93. The molecule has 0 spiro atoms. The van der Waals surface area contributed by atoms with Crippen molar-refractivity contribution in [3.05, 3.63) is 56.8 Å². The fourth-order valence-electron chi connectivity index (χ4n) is 2.91. The summed E-state index contributed by atoms with van der Waals surface area (Å²) in [6, 6.07) is 6.58. The number of carbonyl (C=O) groups excluding carboxylic acids is 1. The molecule has 1 saturated heterocycles. The second-order valence-electron chi connectivity index (χ2n) is 6.29. The van der Waals surface area contributed by atoms with Crippen molar-refractivity contribution < 1.29 is 18.1 Å². The molecular weight excluding hydrogens is 404 g/mol. The highest BCUT2D eigenvalue weighted by molar-refractivity contribution is 7.89. The average Bonchev–Trinajstić information content (AvgIpc) is 3.23. The van der Waals surface area contributed by atoms with Gasteiger partial charge < -0.3 is 4.90 Å². The van der Waals surface area contributed by atoms with Crippen LogP contribution >= 0.6 is 11.3 Å². The Morgan fingerprint density at radius 2 is 1.82 bits per heavy atom. The van der Waals surface area contributed by atoms with E-state index in [1.165, 1.54) is 23.5 Å². The van der Waals surface area contributed by atoms with Crippen molar-refractivity contribution in [3.63, 3.8) is 0 Å². The summed E-state index contributed by atoms with van der Waals surface area (Å²) in [5.74, 6) is 0.0276. The summed E-state index contributed by atoms with van der Waals surface area (Å²) in [7, 11) is -3.72. The molecule has 1 aliphatic rings. The topological polar surface area (TPSA) is 113 Å². The van der Waals surface area contributed by atoms with Crippen molar-refractivity contribution >= 4 is 33.0 Å². The summed E-state index contributed by atoms with van der Waals surface area (Å²) < 4.78 is 27.1. The second kappa shape index (κ2) is 8.78. The van der Waals surface area contributed by atoms with E-state index >= 15 is 0 Å². The molecule has 2 heterocycles. The molecule has 0 unspecified atom stereocenters. The van der Waals surface area contributed by atoms with Crippen LogP contribution in [0.4, 0.5) is 5.69 Å². The Morgan fingerprint density at radius 1 is 1.14 bits per heavy atom. The van der Waals surface area contributed by atoms with Gasteiger partial charge in [0.25, 0.3) is 11.6 Å². The van der Waals surface area contributed by atoms with E-state index in [-0.39, 0.29) is 23.0 Å². The van der Waals surface area contributed by atoms with E-state index in [0.717, 1.165) is 12.1 Å². The Labute approximate surface area is 166 Å². The number of rotatable bonds is 7. The molecular formula is C17H20N4O5S2. The van der Waals surface area contributed by atoms with Crippen molar-refractivity contribution in [3.8, 4) is 0 Å². The van der Waals surface area contributed by atoms with Gasteiger partial charge in [-0.05, 0) is 23.6 Å². The number of piperazine rings is 1. The Morgan fingerprint density at radius 3 is 2.39 bits per heavy atom. The van der Waals surface area contributed by atoms with E-state index in [2.05, 4.69) is 9.62 Å². The van der Waals surface area contributed by atoms with Gasteiger partial charge in [0.2, 0.25) is 10.0 Å². The molecule has 1 aromatic heterocycles. The number of nitrogens with zero attached hydrogens (tertiary/aromatic N) is 3. The zero-order chi connectivity index (χ0) is 20.1. The van der Waals surface area contributed by atoms with E-state index in [0.29, 0.717) is 38.3 Å². The lowest BCUT2D eigenvalue weighted by molar-refractivity contribution is -0.384. The first-order chi connectivity index (χ1) is 13.4. The standard InChI is InChI=1S/C17H20N4O5S2/c22-17(14-5-12-27-13-14)20-10-8-19(9-11-20)7-6-18-28(25,26)16-3-1-15(2-4-16)21(23)24/h1-5,12-13,18H,6-11H2. The number of non-ortho nitro benzene ring substituents is 1. The van der Waals surface area contributed by atoms with Crippen LogP contribution in [0, 0.1) is 10.1 Å². The number of carbonyl (C=O) groups is 1. The number of sulfonamides is 1. The molecule has 1 fully saturated rings. The molecule has 9 nitrogen and oxygen atoms in total. The molecule has 2 aromatic rings. The summed E-state index contributed by atoms with van der Waals surface area (Å²) in [5.41, 5.74) is 0.545. The first-order valence-electron chi connectivity index (χ1n) is 8.65. The summed E-state index contributed by atoms with van der Waals surface area (Å²) in [5, 5.41) is 14.4. The average molecular weight is 425 g/mol. The summed E-state index contributed by atoms with van der Waals surface area (Å²) >= 11 is 1.49. The summed E-state index contributed by atoms with van der Waals surface area (Å²) in [6.07, 6.45) is 0. The van der Waals surface area contributed by atoms with Crippen LogP contribution in [0.15, 0.2) is 46.0 Å². The second-order valence-corrected chi connectivity index (χ2v) is 8.84. The van der Waals surface area contributed by atoms with Gasteiger partial charge in [-0.2, -0.15) is 11.3 Å². The van der Waals surface area contributed by atoms with Crippen molar-refractivity contribution in [1.29, 1.82) is 0 Å². The van der Waals surface area contributed by atoms with Crippen molar-refractivity contribution in [1.82, 2.24) is 14.5 Å². The highest BCUT2D eigenvalue weighted by Crippen LogP contribution is 2.16. The largest absolute Gasteiger partial charge is 0.336 e. The quantitative estimate of drug-likeness (QED) is 0.531. The third-order valence-electron chi connectivity index (χ3n) is 4.51. The molecule has 0 atom stereocenters. The number of nitro benzene ring substituents is 1. The molecule has 1 amide bonds. The first kappa shape index (κ1) is 20.4. The zero-order valence-electron chi connectivity index (χ0n) is 15.0. The van der Waals surface area contributed by atoms with Crippen LogP contribution in [0.25, 0.3) is 0 Å². The van der Waals surface area contributed by atoms with Gasteiger partial charge in [-0.15, -0.1) is 0 Å². The normalized spacial score (nSPS) is 15.5. The monoisotopic (exact) mass is 424 g/mol. The molecule has 0 aliphatic carbocycles. The first-order valence-corrected chi connectivity index (χ1v) is 11.1. The highest BCUT2D eigenvalue weighted by Gasteiger charge is 2.22. The van der Waals surface area contributed by atoms with Crippen LogP contribution in [-0.4, -0.2) is 68.3 Å². The highest BCUT2D eigenvalue weighted by atomic mass is 32.2. The van der Waals surface area contributed by atoms with Crippen LogP contribution in [0.1, 0.15) is 10.4 Å². The smallest absolute Gasteiger partial charge is 0.269 e. The Kier molecular flexibility index (Phi) is 6.39. The van der Waals surface area contributed by atoms with Crippen LogP contribution in [0.3, 0.4) is 0 Å². The molecule has 0 bridgehead atoms. The Hall–Kier alpha value is -2.34. The number of nitrogens with one attached hydrogen (secondary N) is 1.